The van der Waals surface area contributed by atoms with Gasteiger partial charge in [0.2, 0.25) is 5.91 Å². The summed E-state index contributed by atoms with van der Waals surface area (Å²) in [6.45, 7) is 5.31. The highest BCUT2D eigenvalue weighted by atomic mass is 16.5. The number of amides is 1. The largest absolute Gasteiger partial charge is 0.375 e. The summed E-state index contributed by atoms with van der Waals surface area (Å²) in [6, 6.07) is 1.49. The fraction of sp³-hybridized carbons (Fsp3) is 0.529. The number of carbonyl (C=O) groups excluding carboxylic acids is 1. The molecular formula is C17H22N4O4. The second-order valence-corrected chi connectivity index (χ2v) is 6.25. The lowest BCUT2D eigenvalue weighted by molar-refractivity contribution is -0.138. The highest BCUT2D eigenvalue weighted by Crippen LogP contribution is 2.16. The van der Waals surface area contributed by atoms with E-state index in [1.165, 1.54) is 12.4 Å². The first kappa shape index (κ1) is 17.3. The van der Waals surface area contributed by atoms with Crippen molar-refractivity contribution < 1.29 is 14.1 Å². The molecule has 8 nitrogen and oxygen atoms in total. The molecule has 1 fully saturated rings. The number of hydrogen-bond acceptors (Lipinski definition) is 6. The van der Waals surface area contributed by atoms with Gasteiger partial charge in [0.25, 0.3) is 5.56 Å². The number of nitrogens with one attached hydrogen (secondary N) is 1. The normalized spacial score (nSPS) is 17.7. The molecule has 0 saturated carbocycles. The zero-order valence-corrected chi connectivity index (χ0v) is 14.4. The molecule has 1 saturated heterocycles. The molecule has 0 bridgehead atoms. The first-order valence-electron chi connectivity index (χ1n) is 8.37. The first-order chi connectivity index (χ1) is 12.0. The number of aryl methyl sites for hydroxylation is 3. The minimum Gasteiger partial charge on any atom is -0.375 e. The number of aromatic amines is 1. The summed E-state index contributed by atoms with van der Waals surface area (Å²) in [5.41, 5.74) is 2.19. The Balaban J connectivity index is 1.55. The van der Waals surface area contributed by atoms with Crippen LogP contribution in [0.15, 0.2) is 21.7 Å². The van der Waals surface area contributed by atoms with Gasteiger partial charge in [-0.25, -0.2) is 4.98 Å². The Hall–Kier alpha value is -2.48. The predicted molar refractivity (Wildman–Crippen MR) is 89.2 cm³/mol. The quantitative estimate of drug-likeness (QED) is 0.858. The van der Waals surface area contributed by atoms with Crippen LogP contribution in [-0.4, -0.2) is 51.7 Å². The van der Waals surface area contributed by atoms with Crippen LogP contribution in [0, 0.1) is 13.8 Å². The minimum absolute atomic E-state index is 0.0524. The Morgan fingerprint density at radius 3 is 3.00 bits per heavy atom. The van der Waals surface area contributed by atoms with Crippen molar-refractivity contribution in [2.45, 2.75) is 39.2 Å². The van der Waals surface area contributed by atoms with E-state index in [1.807, 2.05) is 18.7 Å². The summed E-state index contributed by atoms with van der Waals surface area (Å²) in [5, 5.41) is 3.89. The van der Waals surface area contributed by atoms with Gasteiger partial charge in [0.15, 0.2) is 0 Å². The van der Waals surface area contributed by atoms with E-state index in [4.69, 9.17) is 9.26 Å². The first-order valence-corrected chi connectivity index (χ1v) is 8.37. The molecule has 1 aliphatic heterocycles. The molecule has 25 heavy (non-hydrogen) atoms. The number of H-pyrrole nitrogens is 1. The molecule has 3 heterocycles. The molecule has 0 aromatic carbocycles. The van der Waals surface area contributed by atoms with E-state index in [9.17, 15) is 9.59 Å². The fourth-order valence-electron chi connectivity index (χ4n) is 2.99. The number of carbonyl (C=O) groups is 1. The summed E-state index contributed by atoms with van der Waals surface area (Å²) in [6.07, 6.45) is 3.00. The SMILES string of the molecule is Cc1noc(C)c1CC(=O)N1CCO[C@H](CCc2cc(=O)[nH]cn2)C1. The van der Waals surface area contributed by atoms with Gasteiger partial charge < -0.3 is 19.1 Å². The maximum atomic E-state index is 12.6. The monoisotopic (exact) mass is 346 g/mol. The van der Waals surface area contributed by atoms with Crippen LogP contribution in [0.25, 0.3) is 0 Å². The number of hydrogen-bond donors (Lipinski definition) is 1. The third kappa shape index (κ3) is 4.33. The second kappa shape index (κ2) is 7.60. The fourth-order valence-corrected chi connectivity index (χ4v) is 2.99. The van der Waals surface area contributed by atoms with Crippen LogP contribution >= 0.6 is 0 Å². The Labute approximate surface area is 145 Å². The van der Waals surface area contributed by atoms with Crippen molar-refractivity contribution in [3.8, 4) is 0 Å². The van der Waals surface area contributed by atoms with Crippen molar-refractivity contribution in [3.63, 3.8) is 0 Å². The van der Waals surface area contributed by atoms with E-state index in [0.717, 1.165) is 17.0 Å². The summed E-state index contributed by atoms with van der Waals surface area (Å²) in [5.74, 6) is 0.744. The predicted octanol–water partition coefficient (Wildman–Crippen LogP) is 0.777. The summed E-state index contributed by atoms with van der Waals surface area (Å²) < 4.78 is 10.9. The van der Waals surface area contributed by atoms with Gasteiger partial charge in [0.05, 0.1) is 31.2 Å². The Morgan fingerprint density at radius 1 is 1.44 bits per heavy atom. The molecule has 1 aliphatic rings. The standard InChI is InChI=1S/C17H22N4O4/c1-11-15(12(2)25-20-11)8-17(23)21-5-6-24-14(9-21)4-3-13-7-16(22)19-10-18-13/h7,10,14H,3-6,8-9H2,1-2H3,(H,18,19,22)/t14-/m1/s1. The van der Waals surface area contributed by atoms with Crippen molar-refractivity contribution in [2.24, 2.45) is 0 Å². The average Bonchev–Trinajstić information content (AvgIpc) is 2.92. The summed E-state index contributed by atoms with van der Waals surface area (Å²) in [4.78, 5) is 32.3. The molecule has 3 rings (SSSR count). The zero-order chi connectivity index (χ0) is 17.8. The van der Waals surface area contributed by atoms with Gasteiger partial charge in [-0.3, -0.25) is 9.59 Å². The number of morpholine rings is 1. The molecule has 2 aromatic rings. The molecular weight excluding hydrogens is 324 g/mol. The van der Waals surface area contributed by atoms with Gasteiger partial charge >= 0.3 is 0 Å². The lowest BCUT2D eigenvalue weighted by Crippen LogP contribution is -2.46. The van der Waals surface area contributed by atoms with E-state index in [2.05, 4.69) is 15.1 Å². The van der Waals surface area contributed by atoms with Crippen LogP contribution < -0.4 is 5.56 Å². The average molecular weight is 346 g/mol. The van der Waals surface area contributed by atoms with Crippen molar-refractivity contribution in [3.05, 3.63) is 45.5 Å². The topological polar surface area (TPSA) is 101 Å². The summed E-state index contributed by atoms with van der Waals surface area (Å²) in [7, 11) is 0. The van der Waals surface area contributed by atoms with Crippen LogP contribution in [0.2, 0.25) is 0 Å². The van der Waals surface area contributed by atoms with Crippen LogP contribution in [-0.2, 0) is 22.4 Å². The van der Waals surface area contributed by atoms with Crippen molar-refractivity contribution in [1.29, 1.82) is 0 Å². The highest BCUT2D eigenvalue weighted by Gasteiger charge is 2.25. The molecule has 0 spiro atoms. The van der Waals surface area contributed by atoms with Gasteiger partial charge in [-0.2, -0.15) is 0 Å². The minimum atomic E-state index is -0.161. The van der Waals surface area contributed by atoms with Crippen LogP contribution in [0.3, 0.4) is 0 Å². The van der Waals surface area contributed by atoms with Gasteiger partial charge in [-0.1, -0.05) is 5.16 Å². The maximum absolute atomic E-state index is 12.6. The molecule has 1 N–H and O–H groups in total. The van der Waals surface area contributed by atoms with Crippen molar-refractivity contribution >= 4 is 5.91 Å². The molecule has 1 atom stereocenters. The van der Waals surface area contributed by atoms with Crippen molar-refractivity contribution in [1.82, 2.24) is 20.0 Å². The number of aromatic nitrogens is 3. The molecule has 0 radical (unpaired) electrons. The Bertz CT molecular complexity index is 778. The van der Waals surface area contributed by atoms with Crippen LogP contribution in [0.5, 0.6) is 0 Å². The van der Waals surface area contributed by atoms with Gasteiger partial charge in [0, 0.05) is 30.4 Å². The van der Waals surface area contributed by atoms with Gasteiger partial charge in [-0.15, -0.1) is 0 Å². The molecule has 8 heteroatoms. The van der Waals surface area contributed by atoms with E-state index in [-0.39, 0.29) is 17.6 Å². The smallest absolute Gasteiger partial charge is 0.250 e. The highest BCUT2D eigenvalue weighted by molar-refractivity contribution is 5.79. The van der Waals surface area contributed by atoms with Gasteiger partial charge in [0.1, 0.15) is 5.76 Å². The van der Waals surface area contributed by atoms with Crippen molar-refractivity contribution in [2.75, 3.05) is 19.7 Å². The number of ether oxygens (including phenoxy) is 1. The van der Waals surface area contributed by atoms with E-state index < -0.39 is 0 Å². The molecule has 0 aliphatic carbocycles. The lowest BCUT2D eigenvalue weighted by Gasteiger charge is -2.33. The second-order valence-electron chi connectivity index (χ2n) is 6.25. The third-order valence-corrected chi connectivity index (χ3v) is 4.46. The maximum Gasteiger partial charge on any atom is 0.250 e. The Morgan fingerprint density at radius 2 is 2.28 bits per heavy atom. The molecule has 1 amide bonds. The third-order valence-electron chi connectivity index (χ3n) is 4.46. The number of nitrogens with zero attached hydrogens (tertiary/aromatic N) is 3. The molecule has 134 valence electrons. The summed E-state index contributed by atoms with van der Waals surface area (Å²) >= 11 is 0. The lowest BCUT2D eigenvalue weighted by atomic mass is 10.1. The molecule has 0 unspecified atom stereocenters. The van der Waals surface area contributed by atoms with E-state index in [0.29, 0.717) is 44.7 Å². The molecule has 2 aromatic heterocycles. The van der Waals surface area contributed by atoms with Crippen LogP contribution in [0.4, 0.5) is 0 Å². The van der Waals surface area contributed by atoms with Crippen LogP contribution in [0.1, 0.15) is 29.1 Å². The number of rotatable bonds is 5. The zero-order valence-electron chi connectivity index (χ0n) is 14.4. The van der Waals surface area contributed by atoms with Gasteiger partial charge in [-0.05, 0) is 26.7 Å². The van der Waals surface area contributed by atoms with E-state index in [1.54, 1.807) is 0 Å². The van der Waals surface area contributed by atoms with E-state index >= 15 is 0 Å². The Kier molecular flexibility index (Phi) is 5.28.